The Bertz CT molecular complexity index is 1930. The Hall–Kier alpha value is -6.71. The molecule has 0 aliphatic rings. The molecule has 5 N–H and O–H groups in total. The highest BCUT2D eigenvalue weighted by Gasteiger charge is 2.12. The lowest BCUT2D eigenvalue weighted by Gasteiger charge is -2.23. The van der Waals surface area contributed by atoms with Crippen LogP contribution in [0.25, 0.3) is 0 Å². The molecule has 0 unspecified atom stereocenters. The fraction of sp³-hybridized carbons (Fsp3) is 0.152. The van der Waals surface area contributed by atoms with Gasteiger partial charge < -0.3 is 26.6 Å². The van der Waals surface area contributed by atoms with E-state index in [2.05, 4.69) is 43.6 Å². The van der Waals surface area contributed by atoms with Gasteiger partial charge in [0.2, 0.25) is 5.91 Å². The summed E-state index contributed by atoms with van der Waals surface area (Å²) >= 11 is 0. The molecular formula is C46H46N6O3. The molecule has 55 heavy (non-hydrogen) atoms. The van der Waals surface area contributed by atoms with Crippen molar-refractivity contribution in [1.29, 1.82) is 0 Å². The lowest BCUT2D eigenvalue weighted by molar-refractivity contribution is -0.115. The molecule has 0 aromatic heterocycles. The van der Waals surface area contributed by atoms with Gasteiger partial charge in [-0.05, 0) is 104 Å². The number of aryl methyl sites for hydroxylation is 3. The molecule has 6 aromatic carbocycles. The molecule has 0 saturated heterocycles. The molecule has 0 radical (unpaired) electrons. The van der Waals surface area contributed by atoms with Gasteiger partial charge in [0.25, 0.3) is 0 Å². The van der Waals surface area contributed by atoms with Gasteiger partial charge in [0.05, 0.1) is 6.42 Å². The average molecular weight is 731 g/mol. The minimum atomic E-state index is -0.306. The van der Waals surface area contributed by atoms with Crippen LogP contribution in [-0.4, -0.2) is 22.9 Å². The minimum Gasteiger partial charge on any atom is -0.326 e. The van der Waals surface area contributed by atoms with Gasteiger partial charge in [-0.15, -0.1) is 0 Å². The van der Waals surface area contributed by atoms with Crippen molar-refractivity contribution in [3.05, 3.63) is 185 Å². The number of nitrogens with one attached hydrogen (secondary N) is 5. The van der Waals surface area contributed by atoms with Crippen LogP contribution in [0.4, 0.5) is 38.0 Å². The van der Waals surface area contributed by atoms with Crippen LogP contribution in [0.2, 0.25) is 0 Å². The molecule has 0 atom stereocenters. The number of nitrogens with zero attached hydrogens (tertiary/aromatic N) is 1. The molecule has 0 saturated carbocycles. The van der Waals surface area contributed by atoms with E-state index in [0.29, 0.717) is 31.0 Å². The Morgan fingerprint density at radius 1 is 0.364 bits per heavy atom. The molecule has 0 fully saturated rings. The van der Waals surface area contributed by atoms with Gasteiger partial charge in [0, 0.05) is 48.1 Å². The quantitative estimate of drug-likeness (QED) is 0.0814. The third-order valence-corrected chi connectivity index (χ3v) is 8.98. The second-order valence-corrected chi connectivity index (χ2v) is 13.8. The summed E-state index contributed by atoms with van der Waals surface area (Å²) in [4.78, 5) is 40.3. The number of hydrogen-bond acceptors (Lipinski definition) is 4. The summed E-state index contributed by atoms with van der Waals surface area (Å²) in [5.41, 5.74) is 11.2. The number of amides is 5. The molecule has 5 amide bonds. The van der Waals surface area contributed by atoms with E-state index < -0.39 is 0 Å². The largest absolute Gasteiger partial charge is 0.326 e. The molecule has 0 bridgehead atoms. The molecule has 6 aromatic rings. The Labute approximate surface area is 322 Å². The van der Waals surface area contributed by atoms with E-state index in [1.54, 1.807) is 0 Å². The normalized spacial score (nSPS) is 10.8. The molecule has 9 heteroatoms. The Kier molecular flexibility index (Phi) is 12.7. The second-order valence-electron chi connectivity index (χ2n) is 13.8. The molecule has 9 nitrogen and oxygen atoms in total. The van der Waals surface area contributed by atoms with Crippen LogP contribution in [0.5, 0.6) is 0 Å². The molecule has 0 heterocycles. The van der Waals surface area contributed by atoms with Crippen molar-refractivity contribution >= 4 is 46.4 Å². The molecule has 0 aliphatic carbocycles. The number of anilines is 5. The lowest BCUT2D eigenvalue weighted by atomic mass is 10.1. The maximum atomic E-state index is 12.7. The van der Waals surface area contributed by atoms with E-state index >= 15 is 0 Å². The van der Waals surface area contributed by atoms with Crippen molar-refractivity contribution in [3.8, 4) is 0 Å². The van der Waals surface area contributed by atoms with Crippen LogP contribution in [-0.2, 0) is 30.8 Å². The van der Waals surface area contributed by atoms with Gasteiger partial charge in [-0.3, -0.25) is 9.69 Å². The molecular weight excluding hydrogens is 685 g/mol. The highest BCUT2D eigenvalue weighted by molar-refractivity contribution is 6.00. The first-order valence-corrected chi connectivity index (χ1v) is 18.3. The Balaban J connectivity index is 1.09. The van der Waals surface area contributed by atoms with Crippen LogP contribution in [0, 0.1) is 20.8 Å². The Morgan fingerprint density at radius 3 is 0.945 bits per heavy atom. The fourth-order valence-electron chi connectivity index (χ4n) is 5.98. The zero-order valence-electron chi connectivity index (χ0n) is 31.4. The summed E-state index contributed by atoms with van der Waals surface area (Å²) in [7, 11) is 0. The third kappa shape index (κ3) is 12.2. The fourth-order valence-corrected chi connectivity index (χ4v) is 5.98. The zero-order valence-corrected chi connectivity index (χ0v) is 31.4. The van der Waals surface area contributed by atoms with Gasteiger partial charge in [-0.2, -0.15) is 0 Å². The highest BCUT2D eigenvalue weighted by atomic mass is 16.2. The van der Waals surface area contributed by atoms with E-state index in [-0.39, 0.29) is 24.4 Å². The number of rotatable bonds is 13. The monoisotopic (exact) mass is 730 g/mol. The summed E-state index contributed by atoms with van der Waals surface area (Å²) in [5, 5.41) is 14.5. The highest BCUT2D eigenvalue weighted by Crippen LogP contribution is 2.20. The molecule has 6 rings (SSSR count). The summed E-state index contributed by atoms with van der Waals surface area (Å²) in [6, 6.07) is 46.3. The van der Waals surface area contributed by atoms with Crippen LogP contribution >= 0.6 is 0 Å². The van der Waals surface area contributed by atoms with Crippen molar-refractivity contribution in [2.24, 2.45) is 0 Å². The van der Waals surface area contributed by atoms with Crippen LogP contribution in [0.15, 0.2) is 146 Å². The van der Waals surface area contributed by atoms with Gasteiger partial charge in [0.15, 0.2) is 0 Å². The summed E-state index contributed by atoms with van der Waals surface area (Å²) < 4.78 is 0. The number of urea groups is 2. The second kappa shape index (κ2) is 18.4. The summed E-state index contributed by atoms with van der Waals surface area (Å²) in [6.45, 7) is 7.98. The van der Waals surface area contributed by atoms with Gasteiger partial charge in [-0.1, -0.05) is 102 Å². The van der Waals surface area contributed by atoms with E-state index in [4.69, 9.17) is 0 Å². The van der Waals surface area contributed by atoms with Crippen LogP contribution < -0.4 is 26.6 Å². The predicted molar refractivity (Wildman–Crippen MR) is 223 cm³/mol. The number of hydrogen-bond donors (Lipinski definition) is 5. The van der Waals surface area contributed by atoms with E-state index in [9.17, 15) is 14.4 Å². The zero-order chi connectivity index (χ0) is 38.6. The summed E-state index contributed by atoms with van der Waals surface area (Å²) in [5.74, 6) is -0.0608. The number of carbonyl (C=O) groups excluding carboxylic acids is 3. The first kappa shape index (κ1) is 38.0. The standard InChI is InChI=1S/C46H46N6O3/c1-32-4-18-39(19-5-32)47-44(53)28-35-10-12-36(13-11-35)29-52(30-37-14-24-42(25-15-37)50-45(54)48-40-20-6-33(2)7-21-40)31-38-16-26-43(27-17-38)51-46(55)49-41-22-8-34(3)9-23-41/h4-27H,28-31H2,1-3H3,(H,47,53)(H2,48,50,54)(H2,49,51,55). The average Bonchev–Trinajstić information content (AvgIpc) is 3.17. The van der Waals surface area contributed by atoms with E-state index in [1.807, 2.05) is 154 Å². The Morgan fingerprint density at radius 2 is 0.618 bits per heavy atom. The predicted octanol–water partition coefficient (Wildman–Crippen LogP) is 10.3. The van der Waals surface area contributed by atoms with Crippen molar-refractivity contribution in [1.82, 2.24) is 4.90 Å². The SMILES string of the molecule is Cc1ccc(NC(=O)Cc2ccc(CN(Cc3ccc(NC(=O)Nc4ccc(C)cc4)cc3)Cc3ccc(NC(=O)Nc4ccc(C)cc4)cc3)cc2)cc1. The number of carbonyl (C=O) groups is 3. The van der Waals surface area contributed by atoms with Crippen molar-refractivity contribution in [2.45, 2.75) is 46.8 Å². The first-order chi connectivity index (χ1) is 26.6. The molecule has 278 valence electrons. The molecule has 0 spiro atoms. The molecule has 0 aliphatic heterocycles. The van der Waals surface area contributed by atoms with E-state index in [1.165, 1.54) is 0 Å². The van der Waals surface area contributed by atoms with Crippen LogP contribution in [0.3, 0.4) is 0 Å². The number of benzene rings is 6. The minimum absolute atomic E-state index is 0.0608. The van der Waals surface area contributed by atoms with Crippen molar-refractivity contribution in [2.75, 3.05) is 26.6 Å². The van der Waals surface area contributed by atoms with Gasteiger partial charge in [-0.25, -0.2) is 9.59 Å². The maximum absolute atomic E-state index is 12.7. The van der Waals surface area contributed by atoms with Crippen molar-refractivity contribution in [3.63, 3.8) is 0 Å². The maximum Gasteiger partial charge on any atom is 0.323 e. The van der Waals surface area contributed by atoms with Crippen LogP contribution in [0.1, 0.15) is 38.9 Å². The summed E-state index contributed by atoms with van der Waals surface area (Å²) in [6.07, 6.45) is 0.282. The first-order valence-electron chi connectivity index (χ1n) is 18.3. The van der Waals surface area contributed by atoms with E-state index in [0.717, 1.165) is 56.0 Å². The van der Waals surface area contributed by atoms with Gasteiger partial charge in [0.1, 0.15) is 0 Å². The third-order valence-electron chi connectivity index (χ3n) is 8.98. The van der Waals surface area contributed by atoms with Gasteiger partial charge >= 0.3 is 12.1 Å². The lowest BCUT2D eigenvalue weighted by Crippen LogP contribution is -2.23. The topological polar surface area (TPSA) is 115 Å². The van der Waals surface area contributed by atoms with Crippen molar-refractivity contribution < 1.29 is 14.4 Å². The smallest absolute Gasteiger partial charge is 0.323 e.